The Morgan fingerprint density at radius 3 is 2.54 bits per heavy atom. The molecule has 0 atom stereocenters. The summed E-state index contributed by atoms with van der Waals surface area (Å²) in [7, 11) is 0. The van der Waals surface area contributed by atoms with E-state index in [2.05, 4.69) is 10.3 Å². The van der Waals surface area contributed by atoms with Crippen molar-refractivity contribution in [3.63, 3.8) is 0 Å². The van der Waals surface area contributed by atoms with E-state index < -0.39 is 0 Å². The molecule has 72 valence electrons. The number of carbonyl (C=O) groups is 1. The van der Waals surface area contributed by atoms with E-state index in [0.29, 0.717) is 5.92 Å². The number of thiazole rings is 1. The zero-order valence-electron chi connectivity index (χ0n) is 7.48. The third-order valence-corrected chi connectivity index (χ3v) is 2.45. The molecule has 1 saturated heterocycles. The van der Waals surface area contributed by atoms with E-state index in [1.807, 2.05) is 5.38 Å². The molecule has 0 amide bonds. The first-order valence-electron chi connectivity index (χ1n) is 4.41. The maximum atomic E-state index is 10.1. The van der Waals surface area contributed by atoms with Crippen molar-refractivity contribution in [2.45, 2.75) is 12.8 Å². The van der Waals surface area contributed by atoms with Gasteiger partial charge in [0.15, 0.2) is 0 Å². The molecule has 0 bridgehead atoms. The van der Waals surface area contributed by atoms with Gasteiger partial charge in [-0.1, -0.05) is 0 Å². The van der Waals surface area contributed by atoms with Gasteiger partial charge in [-0.3, -0.25) is 4.98 Å². The highest BCUT2D eigenvalue weighted by molar-refractivity contribution is 7.07. The first-order valence-corrected chi connectivity index (χ1v) is 5.36. The topological polar surface area (TPSA) is 42.0 Å². The standard InChI is InChI=1S/C6H11NO.C3H3NS/c8-5-6-1-3-7-4-2-6;1-2-5-3-4-1/h5-7H,1-4H2;1-3H. The molecule has 0 aromatic carbocycles. The fourth-order valence-electron chi connectivity index (χ4n) is 1.16. The number of hydrogen-bond acceptors (Lipinski definition) is 4. The Balaban J connectivity index is 0.000000145. The van der Waals surface area contributed by atoms with Gasteiger partial charge < -0.3 is 10.1 Å². The lowest BCUT2D eigenvalue weighted by Gasteiger charge is -2.16. The third-order valence-electron chi connectivity index (χ3n) is 1.92. The van der Waals surface area contributed by atoms with E-state index >= 15 is 0 Å². The lowest BCUT2D eigenvalue weighted by atomic mass is 10.0. The number of aromatic nitrogens is 1. The minimum Gasteiger partial charge on any atom is -0.317 e. The van der Waals surface area contributed by atoms with Gasteiger partial charge in [0.25, 0.3) is 0 Å². The molecule has 1 aliphatic rings. The molecule has 13 heavy (non-hydrogen) atoms. The predicted molar refractivity (Wildman–Crippen MR) is 53.8 cm³/mol. The van der Waals surface area contributed by atoms with Crippen LogP contribution in [0.25, 0.3) is 0 Å². The molecule has 0 unspecified atom stereocenters. The molecule has 2 heterocycles. The van der Waals surface area contributed by atoms with E-state index in [4.69, 9.17) is 0 Å². The van der Waals surface area contributed by atoms with Crippen LogP contribution in [0.1, 0.15) is 12.8 Å². The molecule has 2 rings (SSSR count). The van der Waals surface area contributed by atoms with Crippen LogP contribution in [0, 0.1) is 5.92 Å². The average molecular weight is 198 g/mol. The van der Waals surface area contributed by atoms with Crippen molar-refractivity contribution in [2.75, 3.05) is 13.1 Å². The zero-order valence-corrected chi connectivity index (χ0v) is 8.30. The molecule has 4 heteroatoms. The van der Waals surface area contributed by atoms with Gasteiger partial charge in [-0.05, 0) is 25.9 Å². The van der Waals surface area contributed by atoms with Gasteiger partial charge in [-0.25, -0.2) is 0 Å². The van der Waals surface area contributed by atoms with Crippen LogP contribution in [0.2, 0.25) is 0 Å². The number of piperidine rings is 1. The van der Waals surface area contributed by atoms with Crippen molar-refractivity contribution in [2.24, 2.45) is 5.92 Å². The summed E-state index contributed by atoms with van der Waals surface area (Å²) in [4.78, 5) is 13.9. The normalized spacial score (nSPS) is 17.2. The molecule has 0 spiro atoms. The SMILES string of the molecule is O=CC1CCNCC1.c1cscn1. The summed E-state index contributed by atoms with van der Waals surface area (Å²) >= 11 is 1.60. The smallest absolute Gasteiger partial charge is 0.123 e. The molecule has 0 radical (unpaired) electrons. The fourth-order valence-corrected chi connectivity index (χ4v) is 1.51. The van der Waals surface area contributed by atoms with Crippen LogP contribution < -0.4 is 5.32 Å². The van der Waals surface area contributed by atoms with Gasteiger partial charge in [0.1, 0.15) is 6.29 Å². The van der Waals surface area contributed by atoms with Gasteiger partial charge in [0.2, 0.25) is 0 Å². The Morgan fingerprint density at radius 2 is 2.23 bits per heavy atom. The number of nitrogens with one attached hydrogen (secondary N) is 1. The summed E-state index contributed by atoms with van der Waals surface area (Å²) in [5.41, 5.74) is 1.79. The summed E-state index contributed by atoms with van der Waals surface area (Å²) in [5, 5.41) is 5.12. The predicted octanol–water partition coefficient (Wildman–Crippen LogP) is 1.33. The minimum absolute atomic E-state index is 0.344. The van der Waals surface area contributed by atoms with E-state index in [9.17, 15) is 4.79 Å². The summed E-state index contributed by atoms with van der Waals surface area (Å²) in [5.74, 6) is 0.344. The van der Waals surface area contributed by atoms with Gasteiger partial charge in [0.05, 0.1) is 5.51 Å². The van der Waals surface area contributed by atoms with E-state index in [1.54, 1.807) is 23.0 Å². The van der Waals surface area contributed by atoms with Crippen LogP contribution in [0.5, 0.6) is 0 Å². The van der Waals surface area contributed by atoms with Gasteiger partial charge >= 0.3 is 0 Å². The number of carbonyl (C=O) groups excluding carboxylic acids is 1. The zero-order chi connectivity index (χ0) is 9.36. The molecule has 1 aromatic heterocycles. The number of nitrogens with zero attached hydrogens (tertiary/aromatic N) is 1. The maximum absolute atomic E-state index is 10.1. The Hall–Kier alpha value is -0.740. The largest absolute Gasteiger partial charge is 0.317 e. The summed E-state index contributed by atoms with van der Waals surface area (Å²) in [6.07, 6.45) is 4.90. The Bertz CT molecular complexity index is 190. The maximum Gasteiger partial charge on any atom is 0.123 e. The fraction of sp³-hybridized carbons (Fsp3) is 0.556. The molecule has 0 aliphatic carbocycles. The van der Waals surface area contributed by atoms with E-state index in [1.165, 1.54) is 0 Å². The molecular formula is C9H14N2OS. The van der Waals surface area contributed by atoms with Gasteiger partial charge in [0, 0.05) is 17.5 Å². The average Bonchev–Trinajstić information content (AvgIpc) is 2.77. The number of rotatable bonds is 1. The molecule has 1 fully saturated rings. The van der Waals surface area contributed by atoms with Crippen molar-refractivity contribution in [1.29, 1.82) is 0 Å². The van der Waals surface area contributed by atoms with Crippen LogP contribution in [0.3, 0.4) is 0 Å². The summed E-state index contributed by atoms with van der Waals surface area (Å²) in [6, 6.07) is 0. The van der Waals surface area contributed by atoms with Gasteiger partial charge in [-0.15, -0.1) is 11.3 Å². The van der Waals surface area contributed by atoms with Crippen LogP contribution in [0.15, 0.2) is 17.1 Å². The van der Waals surface area contributed by atoms with E-state index in [-0.39, 0.29) is 0 Å². The lowest BCUT2D eigenvalue weighted by Crippen LogP contribution is -2.28. The summed E-state index contributed by atoms with van der Waals surface area (Å²) < 4.78 is 0. The third kappa shape index (κ3) is 4.75. The Morgan fingerprint density at radius 1 is 1.46 bits per heavy atom. The highest BCUT2D eigenvalue weighted by Gasteiger charge is 2.09. The number of hydrogen-bond donors (Lipinski definition) is 1. The van der Waals surface area contributed by atoms with E-state index in [0.717, 1.165) is 32.2 Å². The first kappa shape index (κ1) is 10.3. The van der Waals surface area contributed by atoms with Gasteiger partial charge in [-0.2, -0.15) is 0 Å². The Kier molecular flexibility index (Phi) is 5.36. The second-order valence-corrected chi connectivity index (χ2v) is 3.65. The molecule has 1 N–H and O–H groups in total. The molecule has 1 aliphatic heterocycles. The van der Waals surface area contributed by atoms with Crippen molar-refractivity contribution in [1.82, 2.24) is 10.3 Å². The van der Waals surface area contributed by atoms with Crippen LogP contribution >= 0.6 is 11.3 Å². The quantitative estimate of drug-likeness (QED) is 0.692. The Labute approximate surface area is 82.2 Å². The first-order chi connectivity index (χ1) is 6.43. The van der Waals surface area contributed by atoms with Crippen LogP contribution in [-0.2, 0) is 4.79 Å². The van der Waals surface area contributed by atoms with Crippen molar-refractivity contribution < 1.29 is 4.79 Å². The highest BCUT2D eigenvalue weighted by Crippen LogP contribution is 2.06. The second-order valence-electron chi connectivity index (χ2n) is 2.90. The van der Waals surface area contributed by atoms with Crippen LogP contribution in [0.4, 0.5) is 0 Å². The van der Waals surface area contributed by atoms with Crippen LogP contribution in [-0.4, -0.2) is 24.4 Å². The number of aldehydes is 1. The lowest BCUT2D eigenvalue weighted by molar-refractivity contribution is -0.111. The molecule has 0 saturated carbocycles. The van der Waals surface area contributed by atoms with Crippen molar-refractivity contribution in [3.8, 4) is 0 Å². The second kappa shape index (κ2) is 6.74. The monoisotopic (exact) mass is 198 g/mol. The molecular weight excluding hydrogens is 184 g/mol. The van der Waals surface area contributed by atoms with Crippen molar-refractivity contribution >= 4 is 17.6 Å². The van der Waals surface area contributed by atoms with Crippen molar-refractivity contribution in [3.05, 3.63) is 17.1 Å². The highest BCUT2D eigenvalue weighted by atomic mass is 32.1. The minimum atomic E-state index is 0.344. The molecule has 1 aromatic rings. The molecule has 3 nitrogen and oxygen atoms in total. The summed E-state index contributed by atoms with van der Waals surface area (Å²) in [6.45, 7) is 2.03.